The van der Waals surface area contributed by atoms with Crippen LogP contribution in [-0.4, -0.2) is 49.1 Å². The minimum Gasteiger partial charge on any atom is -0.378 e. The first kappa shape index (κ1) is 19.5. The molecule has 2 aromatic rings. The zero-order chi connectivity index (χ0) is 20.5. The van der Waals surface area contributed by atoms with Gasteiger partial charge in [0.2, 0.25) is 0 Å². The van der Waals surface area contributed by atoms with Crippen LogP contribution in [0.4, 0.5) is 8.78 Å². The zero-order valence-electron chi connectivity index (χ0n) is 16.1. The second-order valence-electron chi connectivity index (χ2n) is 7.48. The van der Waals surface area contributed by atoms with Crippen LogP contribution in [0.25, 0.3) is 11.1 Å². The van der Waals surface area contributed by atoms with Crippen molar-refractivity contribution in [2.45, 2.75) is 25.8 Å². The van der Waals surface area contributed by atoms with Crippen molar-refractivity contribution in [2.24, 2.45) is 0 Å². The number of carbonyl (C=O) groups excluding carboxylic acids is 2. The highest BCUT2D eigenvalue weighted by Gasteiger charge is 2.25. The topological polar surface area (TPSA) is 58.6 Å². The molecule has 0 unspecified atom stereocenters. The number of morpholine rings is 1. The lowest BCUT2D eigenvalue weighted by molar-refractivity contribution is 0.0300. The van der Waals surface area contributed by atoms with Crippen molar-refractivity contribution in [2.75, 3.05) is 26.3 Å². The predicted molar refractivity (Wildman–Crippen MR) is 104 cm³/mol. The number of hydrogen-bond acceptors (Lipinski definition) is 3. The van der Waals surface area contributed by atoms with Gasteiger partial charge in [0.1, 0.15) is 11.6 Å². The number of hydrogen-bond donors (Lipinski definition) is 1. The summed E-state index contributed by atoms with van der Waals surface area (Å²) < 4.78 is 34.4. The number of ether oxygens (including phenoxy) is 1. The van der Waals surface area contributed by atoms with E-state index in [4.69, 9.17) is 4.74 Å². The number of rotatable bonds is 4. The predicted octanol–water partition coefficient (Wildman–Crippen LogP) is 3.30. The Morgan fingerprint density at radius 1 is 1.07 bits per heavy atom. The molecule has 1 N–H and O–H groups in total. The molecule has 0 radical (unpaired) electrons. The van der Waals surface area contributed by atoms with Gasteiger partial charge >= 0.3 is 0 Å². The number of nitrogens with zero attached hydrogens (tertiary/aromatic N) is 1. The molecule has 29 heavy (non-hydrogen) atoms. The van der Waals surface area contributed by atoms with Crippen molar-refractivity contribution in [3.63, 3.8) is 0 Å². The molecule has 5 nitrogen and oxygen atoms in total. The van der Waals surface area contributed by atoms with E-state index >= 15 is 0 Å². The monoisotopic (exact) mass is 400 g/mol. The minimum absolute atomic E-state index is 0.0311. The molecule has 2 aliphatic rings. The summed E-state index contributed by atoms with van der Waals surface area (Å²) in [5.74, 6) is -1.94. The van der Waals surface area contributed by atoms with Crippen LogP contribution in [-0.2, 0) is 4.74 Å². The molecule has 7 heteroatoms. The van der Waals surface area contributed by atoms with Gasteiger partial charge in [-0.15, -0.1) is 0 Å². The summed E-state index contributed by atoms with van der Waals surface area (Å²) in [6.07, 6.45) is 1.85. The van der Waals surface area contributed by atoms with E-state index in [-0.39, 0.29) is 23.1 Å². The molecular formula is C22H22F2N2O3. The van der Waals surface area contributed by atoms with E-state index in [9.17, 15) is 18.4 Å². The van der Waals surface area contributed by atoms with Crippen LogP contribution in [0.1, 0.15) is 39.1 Å². The molecule has 4 rings (SSSR count). The molecule has 2 amide bonds. The van der Waals surface area contributed by atoms with Gasteiger partial charge in [0.15, 0.2) is 0 Å². The molecule has 1 heterocycles. The number of nitrogens with one attached hydrogen (secondary N) is 1. The quantitative estimate of drug-likeness (QED) is 0.857. The normalized spacial score (nSPS) is 16.6. The Balaban J connectivity index is 1.64. The fourth-order valence-corrected chi connectivity index (χ4v) is 3.40. The van der Waals surface area contributed by atoms with E-state index in [1.165, 1.54) is 18.2 Å². The Hall–Kier alpha value is -2.80. The van der Waals surface area contributed by atoms with E-state index in [2.05, 4.69) is 5.32 Å². The van der Waals surface area contributed by atoms with E-state index in [1.54, 1.807) is 24.0 Å². The van der Waals surface area contributed by atoms with Crippen molar-refractivity contribution in [1.29, 1.82) is 0 Å². The Labute approximate surface area is 167 Å². The van der Waals surface area contributed by atoms with Gasteiger partial charge in [-0.1, -0.05) is 6.07 Å². The molecule has 0 bridgehead atoms. The summed E-state index contributed by atoms with van der Waals surface area (Å²) in [6.45, 7) is 3.28. The molecule has 2 fully saturated rings. The average molecular weight is 400 g/mol. The number of amides is 2. The highest BCUT2D eigenvalue weighted by atomic mass is 19.1. The number of halogens is 2. The van der Waals surface area contributed by atoms with Gasteiger partial charge in [-0.3, -0.25) is 9.59 Å². The molecule has 1 saturated carbocycles. The molecule has 1 saturated heterocycles. The van der Waals surface area contributed by atoms with Crippen molar-refractivity contribution in [3.05, 3.63) is 58.7 Å². The smallest absolute Gasteiger partial charge is 0.256 e. The second kappa shape index (κ2) is 7.91. The Morgan fingerprint density at radius 2 is 1.79 bits per heavy atom. The third-order valence-electron chi connectivity index (χ3n) is 5.33. The Bertz CT molecular complexity index is 967. The molecular weight excluding hydrogens is 378 g/mol. The minimum atomic E-state index is -0.674. The van der Waals surface area contributed by atoms with Crippen LogP contribution in [0, 0.1) is 18.6 Å². The maximum atomic E-state index is 14.8. The van der Waals surface area contributed by atoms with Gasteiger partial charge in [-0.25, -0.2) is 8.78 Å². The lowest BCUT2D eigenvalue weighted by atomic mass is 9.96. The van der Waals surface area contributed by atoms with Crippen molar-refractivity contribution < 1.29 is 23.1 Å². The van der Waals surface area contributed by atoms with Gasteiger partial charge < -0.3 is 15.0 Å². The van der Waals surface area contributed by atoms with Gasteiger partial charge in [0.05, 0.1) is 18.8 Å². The summed E-state index contributed by atoms with van der Waals surface area (Å²) in [5.41, 5.74) is 1.33. The fraction of sp³-hybridized carbons (Fsp3) is 0.364. The van der Waals surface area contributed by atoms with E-state index in [1.807, 2.05) is 0 Å². The molecule has 1 aliphatic heterocycles. The van der Waals surface area contributed by atoms with Crippen LogP contribution >= 0.6 is 0 Å². The average Bonchev–Trinajstić information content (AvgIpc) is 3.54. The molecule has 0 aromatic heterocycles. The number of benzene rings is 2. The van der Waals surface area contributed by atoms with E-state index in [0.29, 0.717) is 43.0 Å². The summed E-state index contributed by atoms with van der Waals surface area (Å²) in [5, 5.41) is 2.83. The third kappa shape index (κ3) is 4.15. The van der Waals surface area contributed by atoms with Gasteiger partial charge in [-0.05, 0) is 60.7 Å². The maximum Gasteiger partial charge on any atom is 0.256 e. The first-order valence-electron chi connectivity index (χ1n) is 9.72. The molecule has 2 aromatic carbocycles. The van der Waals surface area contributed by atoms with Crippen LogP contribution in [0.5, 0.6) is 0 Å². The molecule has 0 atom stereocenters. The third-order valence-corrected chi connectivity index (χ3v) is 5.33. The fourth-order valence-electron chi connectivity index (χ4n) is 3.40. The van der Waals surface area contributed by atoms with Gasteiger partial charge in [0.25, 0.3) is 11.8 Å². The largest absolute Gasteiger partial charge is 0.378 e. The lowest BCUT2D eigenvalue weighted by Crippen LogP contribution is -2.41. The summed E-state index contributed by atoms with van der Waals surface area (Å²) in [6, 6.07) is 7.13. The van der Waals surface area contributed by atoms with E-state index < -0.39 is 17.5 Å². The molecule has 1 aliphatic carbocycles. The first-order chi connectivity index (χ1) is 13.9. The van der Waals surface area contributed by atoms with Crippen LogP contribution in [0.15, 0.2) is 30.3 Å². The molecule has 0 spiro atoms. The summed E-state index contributed by atoms with van der Waals surface area (Å²) in [4.78, 5) is 26.4. The van der Waals surface area contributed by atoms with E-state index in [0.717, 1.165) is 12.8 Å². The Kier molecular flexibility index (Phi) is 5.32. The van der Waals surface area contributed by atoms with Crippen molar-refractivity contribution in [3.8, 4) is 11.1 Å². The van der Waals surface area contributed by atoms with Crippen molar-refractivity contribution >= 4 is 11.8 Å². The van der Waals surface area contributed by atoms with Crippen LogP contribution in [0.2, 0.25) is 0 Å². The van der Waals surface area contributed by atoms with Gasteiger partial charge in [-0.2, -0.15) is 0 Å². The second-order valence-corrected chi connectivity index (χ2v) is 7.48. The lowest BCUT2D eigenvalue weighted by Gasteiger charge is -2.27. The van der Waals surface area contributed by atoms with Crippen LogP contribution < -0.4 is 5.32 Å². The highest BCUT2D eigenvalue weighted by molar-refractivity contribution is 5.97. The number of carbonyl (C=O) groups is 2. The Morgan fingerprint density at radius 3 is 2.45 bits per heavy atom. The van der Waals surface area contributed by atoms with Gasteiger partial charge in [0, 0.05) is 24.7 Å². The zero-order valence-corrected chi connectivity index (χ0v) is 16.1. The maximum absolute atomic E-state index is 14.8. The van der Waals surface area contributed by atoms with Crippen molar-refractivity contribution in [1.82, 2.24) is 10.2 Å². The molecule has 152 valence electrons. The van der Waals surface area contributed by atoms with Crippen LogP contribution in [0.3, 0.4) is 0 Å². The SMILES string of the molecule is Cc1c(F)cc(C(=O)NC2CC2)cc1-c1ccc(C(=O)N2CCOCC2)c(F)c1. The summed E-state index contributed by atoms with van der Waals surface area (Å²) >= 11 is 0. The highest BCUT2D eigenvalue weighted by Crippen LogP contribution is 2.29. The first-order valence-corrected chi connectivity index (χ1v) is 9.72. The standard InChI is InChI=1S/C22H22F2N2O3/c1-13-18(10-15(12-19(13)23)21(27)25-16-3-4-16)14-2-5-17(20(24)11-14)22(28)26-6-8-29-9-7-26/h2,5,10-12,16H,3-4,6-9H2,1H3,(H,25,27). The summed E-state index contributed by atoms with van der Waals surface area (Å²) in [7, 11) is 0.